The van der Waals surface area contributed by atoms with E-state index < -0.39 is 0 Å². The van der Waals surface area contributed by atoms with Gasteiger partial charge in [0.05, 0.1) is 17.9 Å². The molecular weight excluding hydrogens is 228 g/mol. The van der Waals surface area contributed by atoms with Crippen molar-refractivity contribution >= 4 is 11.6 Å². The van der Waals surface area contributed by atoms with Crippen molar-refractivity contribution < 1.29 is 9.53 Å². The molecule has 0 aromatic heterocycles. The SMILES string of the molecule is CCCCCNC(=O)c1cccc(N)c1OCC. The highest BCUT2D eigenvalue weighted by molar-refractivity contribution is 5.98. The lowest BCUT2D eigenvalue weighted by Gasteiger charge is -2.12. The smallest absolute Gasteiger partial charge is 0.255 e. The van der Waals surface area contributed by atoms with Gasteiger partial charge in [-0.3, -0.25) is 4.79 Å². The van der Waals surface area contributed by atoms with E-state index >= 15 is 0 Å². The molecule has 3 N–H and O–H groups in total. The molecular formula is C14H22N2O2. The minimum atomic E-state index is -0.123. The van der Waals surface area contributed by atoms with E-state index in [0.717, 1.165) is 19.3 Å². The molecule has 100 valence electrons. The fraction of sp³-hybridized carbons (Fsp3) is 0.500. The van der Waals surface area contributed by atoms with Crippen molar-refractivity contribution in [1.29, 1.82) is 0 Å². The molecule has 0 saturated carbocycles. The maximum atomic E-state index is 12.0. The van der Waals surface area contributed by atoms with Gasteiger partial charge < -0.3 is 15.8 Å². The van der Waals surface area contributed by atoms with Gasteiger partial charge in [0.15, 0.2) is 5.75 Å². The first-order chi connectivity index (χ1) is 8.70. The predicted molar refractivity (Wildman–Crippen MR) is 73.9 cm³/mol. The van der Waals surface area contributed by atoms with Crippen LogP contribution in [-0.4, -0.2) is 19.1 Å². The first-order valence-corrected chi connectivity index (χ1v) is 6.50. The zero-order valence-corrected chi connectivity index (χ0v) is 11.2. The Morgan fingerprint density at radius 3 is 2.78 bits per heavy atom. The summed E-state index contributed by atoms with van der Waals surface area (Å²) in [5, 5.41) is 2.89. The van der Waals surface area contributed by atoms with Crippen LogP contribution >= 0.6 is 0 Å². The number of unbranched alkanes of at least 4 members (excludes halogenated alkanes) is 2. The maximum Gasteiger partial charge on any atom is 0.255 e. The zero-order valence-electron chi connectivity index (χ0n) is 11.2. The third-order valence-electron chi connectivity index (χ3n) is 2.64. The Morgan fingerprint density at radius 1 is 1.33 bits per heavy atom. The van der Waals surface area contributed by atoms with E-state index in [1.807, 2.05) is 6.92 Å². The molecule has 0 saturated heterocycles. The van der Waals surface area contributed by atoms with Crippen LogP contribution in [0.4, 0.5) is 5.69 Å². The fourth-order valence-corrected chi connectivity index (χ4v) is 1.71. The lowest BCUT2D eigenvalue weighted by atomic mass is 10.1. The number of ether oxygens (including phenoxy) is 1. The van der Waals surface area contributed by atoms with E-state index in [9.17, 15) is 4.79 Å². The minimum absolute atomic E-state index is 0.123. The Morgan fingerprint density at radius 2 is 2.11 bits per heavy atom. The molecule has 0 heterocycles. The van der Waals surface area contributed by atoms with Crippen LogP contribution in [-0.2, 0) is 0 Å². The van der Waals surface area contributed by atoms with Crippen molar-refractivity contribution in [3.8, 4) is 5.75 Å². The summed E-state index contributed by atoms with van der Waals surface area (Å²) in [4.78, 5) is 12.0. The van der Waals surface area contributed by atoms with Crippen LogP contribution in [0.2, 0.25) is 0 Å². The predicted octanol–water partition coefficient (Wildman–Crippen LogP) is 2.59. The molecule has 0 aliphatic carbocycles. The number of nitrogens with two attached hydrogens (primary N) is 1. The Labute approximate surface area is 109 Å². The van der Waals surface area contributed by atoms with Gasteiger partial charge in [0, 0.05) is 6.54 Å². The normalized spacial score (nSPS) is 10.1. The standard InChI is InChI=1S/C14H22N2O2/c1-3-5-6-10-16-14(17)11-8-7-9-12(15)13(11)18-4-2/h7-9H,3-6,10,15H2,1-2H3,(H,16,17). The topological polar surface area (TPSA) is 64.4 Å². The van der Waals surface area contributed by atoms with Crippen LogP contribution in [0, 0.1) is 0 Å². The summed E-state index contributed by atoms with van der Waals surface area (Å²) in [6.07, 6.45) is 3.25. The number of nitrogens with one attached hydrogen (secondary N) is 1. The van der Waals surface area contributed by atoms with E-state index in [4.69, 9.17) is 10.5 Å². The van der Waals surface area contributed by atoms with Gasteiger partial charge in [0.1, 0.15) is 0 Å². The number of nitrogen functional groups attached to an aromatic ring is 1. The van der Waals surface area contributed by atoms with Gasteiger partial charge in [-0.1, -0.05) is 25.8 Å². The largest absolute Gasteiger partial charge is 0.491 e. The van der Waals surface area contributed by atoms with Gasteiger partial charge in [-0.25, -0.2) is 0 Å². The van der Waals surface area contributed by atoms with Gasteiger partial charge in [-0.05, 0) is 25.5 Å². The third-order valence-corrected chi connectivity index (χ3v) is 2.64. The highest BCUT2D eigenvalue weighted by Gasteiger charge is 2.14. The first-order valence-electron chi connectivity index (χ1n) is 6.50. The quantitative estimate of drug-likeness (QED) is 0.577. The number of hydrogen-bond acceptors (Lipinski definition) is 3. The Hall–Kier alpha value is -1.71. The van der Waals surface area contributed by atoms with E-state index in [-0.39, 0.29) is 5.91 Å². The zero-order chi connectivity index (χ0) is 13.4. The Kier molecular flexibility index (Phi) is 6.05. The highest BCUT2D eigenvalue weighted by Crippen LogP contribution is 2.26. The van der Waals surface area contributed by atoms with Gasteiger partial charge in [-0.15, -0.1) is 0 Å². The van der Waals surface area contributed by atoms with E-state index in [1.54, 1.807) is 18.2 Å². The first kappa shape index (κ1) is 14.4. The second kappa shape index (κ2) is 7.58. The number of amides is 1. The molecule has 0 aliphatic heterocycles. The van der Waals surface area contributed by atoms with Crippen LogP contribution in [0.25, 0.3) is 0 Å². The van der Waals surface area contributed by atoms with Gasteiger partial charge in [0.2, 0.25) is 0 Å². The molecule has 1 amide bonds. The molecule has 18 heavy (non-hydrogen) atoms. The monoisotopic (exact) mass is 250 g/mol. The average Bonchev–Trinajstić information content (AvgIpc) is 2.37. The lowest BCUT2D eigenvalue weighted by molar-refractivity contribution is 0.0949. The number of carbonyl (C=O) groups excluding carboxylic acids is 1. The van der Waals surface area contributed by atoms with Crippen LogP contribution in [0.15, 0.2) is 18.2 Å². The van der Waals surface area contributed by atoms with Crippen molar-refractivity contribution in [2.75, 3.05) is 18.9 Å². The van der Waals surface area contributed by atoms with Crippen molar-refractivity contribution in [3.05, 3.63) is 23.8 Å². The number of benzene rings is 1. The molecule has 0 spiro atoms. The number of para-hydroxylation sites is 1. The van der Waals surface area contributed by atoms with Crippen LogP contribution in [0.3, 0.4) is 0 Å². The Balaban J connectivity index is 2.69. The number of hydrogen-bond donors (Lipinski definition) is 2. The van der Waals surface area contributed by atoms with Gasteiger partial charge >= 0.3 is 0 Å². The number of anilines is 1. The molecule has 4 nitrogen and oxygen atoms in total. The average molecular weight is 250 g/mol. The molecule has 1 aromatic carbocycles. The van der Waals surface area contributed by atoms with Crippen molar-refractivity contribution in [3.63, 3.8) is 0 Å². The molecule has 0 radical (unpaired) electrons. The molecule has 0 unspecified atom stereocenters. The molecule has 1 rings (SSSR count). The highest BCUT2D eigenvalue weighted by atomic mass is 16.5. The minimum Gasteiger partial charge on any atom is -0.491 e. The molecule has 0 bridgehead atoms. The van der Waals surface area contributed by atoms with Crippen molar-refractivity contribution in [2.45, 2.75) is 33.1 Å². The van der Waals surface area contributed by atoms with Crippen LogP contribution in [0.1, 0.15) is 43.5 Å². The van der Waals surface area contributed by atoms with E-state index in [1.165, 1.54) is 0 Å². The number of rotatable bonds is 7. The summed E-state index contributed by atoms with van der Waals surface area (Å²) in [5.41, 5.74) is 6.82. The summed E-state index contributed by atoms with van der Waals surface area (Å²) in [5.74, 6) is 0.356. The molecule has 0 atom stereocenters. The molecule has 1 aromatic rings. The fourth-order valence-electron chi connectivity index (χ4n) is 1.71. The van der Waals surface area contributed by atoms with Crippen molar-refractivity contribution in [2.24, 2.45) is 0 Å². The van der Waals surface area contributed by atoms with Crippen molar-refractivity contribution in [1.82, 2.24) is 5.32 Å². The second-order valence-corrected chi connectivity index (χ2v) is 4.12. The Bertz CT molecular complexity index is 391. The summed E-state index contributed by atoms with van der Waals surface area (Å²) < 4.78 is 5.43. The van der Waals surface area contributed by atoms with Crippen LogP contribution in [0.5, 0.6) is 5.75 Å². The third kappa shape index (κ3) is 3.95. The lowest BCUT2D eigenvalue weighted by Crippen LogP contribution is -2.25. The summed E-state index contributed by atoms with van der Waals surface area (Å²) in [6, 6.07) is 5.23. The van der Waals surface area contributed by atoms with Gasteiger partial charge in [-0.2, -0.15) is 0 Å². The summed E-state index contributed by atoms with van der Waals surface area (Å²) in [6.45, 7) is 5.18. The summed E-state index contributed by atoms with van der Waals surface area (Å²) >= 11 is 0. The number of carbonyl (C=O) groups is 1. The van der Waals surface area contributed by atoms with E-state index in [0.29, 0.717) is 30.2 Å². The van der Waals surface area contributed by atoms with Crippen LogP contribution < -0.4 is 15.8 Å². The summed E-state index contributed by atoms with van der Waals surface area (Å²) in [7, 11) is 0. The van der Waals surface area contributed by atoms with E-state index in [2.05, 4.69) is 12.2 Å². The molecule has 0 fully saturated rings. The molecule has 0 aliphatic rings. The van der Waals surface area contributed by atoms with Gasteiger partial charge in [0.25, 0.3) is 5.91 Å². The molecule has 4 heteroatoms. The maximum absolute atomic E-state index is 12.0. The second-order valence-electron chi connectivity index (χ2n) is 4.12.